The summed E-state index contributed by atoms with van der Waals surface area (Å²) < 4.78 is 28.4. The highest BCUT2D eigenvalue weighted by molar-refractivity contribution is 7.92. The van der Waals surface area contributed by atoms with Crippen LogP contribution in [0.2, 0.25) is 0 Å². The number of hydrogen-bond donors (Lipinski definition) is 3. The summed E-state index contributed by atoms with van der Waals surface area (Å²) in [5.74, 6) is 0. The maximum Gasteiger partial charge on any atom is 0.261 e. The Hall–Kier alpha value is -2.90. The first-order valence-electron chi connectivity index (χ1n) is 9.95. The van der Waals surface area contributed by atoms with Gasteiger partial charge in [0.2, 0.25) is 0 Å². The van der Waals surface area contributed by atoms with E-state index in [4.69, 9.17) is 12.2 Å². The summed E-state index contributed by atoms with van der Waals surface area (Å²) >= 11 is 5.34. The molecule has 0 heterocycles. The zero-order chi connectivity index (χ0) is 22.6. The topological polar surface area (TPSA) is 70.2 Å². The van der Waals surface area contributed by atoms with Crippen molar-refractivity contribution in [3.63, 3.8) is 0 Å². The van der Waals surface area contributed by atoms with Crippen LogP contribution >= 0.6 is 12.2 Å². The summed E-state index contributed by atoms with van der Waals surface area (Å²) in [6, 6.07) is 18.7. The highest BCUT2D eigenvalue weighted by Crippen LogP contribution is 2.25. The molecule has 0 fully saturated rings. The Bertz CT molecular complexity index is 1160. The molecule has 3 rings (SSSR count). The van der Waals surface area contributed by atoms with Gasteiger partial charge in [-0.1, -0.05) is 47.5 Å². The molecule has 0 aliphatic rings. The molecule has 7 heteroatoms. The Morgan fingerprint density at radius 3 is 2.00 bits per heavy atom. The fourth-order valence-corrected chi connectivity index (χ4v) is 4.71. The SMILES string of the molecule is Cc1ccc(CNC(=S)Nc2ccc(S(=O)(=O)Nc3c(C)cc(C)cc3C)cc2)cc1. The normalized spacial score (nSPS) is 11.1. The number of benzene rings is 3. The van der Waals surface area contributed by atoms with Crippen LogP contribution < -0.4 is 15.4 Å². The quantitative estimate of drug-likeness (QED) is 0.447. The lowest BCUT2D eigenvalue weighted by Crippen LogP contribution is -2.27. The van der Waals surface area contributed by atoms with Crippen molar-refractivity contribution in [2.24, 2.45) is 0 Å². The minimum absolute atomic E-state index is 0.191. The third-order valence-corrected chi connectivity index (χ3v) is 6.52. The second-order valence-electron chi connectivity index (χ2n) is 7.70. The van der Waals surface area contributed by atoms with Gasteiger partial charge < -0.3 is 10.6 Å². The molecule has 0 saturated carbocycles. The van der Waals surface area contributed by atoms with E-state index in [2.05, 4.69) is 39.6 Å². The molecule has 0 unspecified atom stereocenters. The lowest BCUT2D eigenvalue weighted by molar-refractivity contribution is 0.601. The first-order chi connectivity index (χ1) is 14.6. The fraction of sp³-hybridized carbons (Fsp3) is 0.208. The van der Waals surface area contributed by atoms with E-state index in [1.807, 2.05) is 39.8 Å². The number of sulfonamides is 1. The van der Waals surface area contributed by atoms with Gasteiger partial charge in [-0.2, -0.15) is 0 Å². The molecular formula is C24H27N3O2S2. The van der Waals surface area contributed by atoms with E-state index in [1.54, 1.807) is 24.3 Å². The van der Waals surface area contributed by atoms with Gasteiger partial charge in [0.1, 0.15) is 0 Å². The van der Waals surface area contributed by atoms with Crippen LogP contribution in [0.1, 0.15) is 27.8 Å². The number of aryl methyl sites for hydroxylation is 4. The van der Waals surface area contributed by atoms with Crippen LogP contribution in [0.15, 0.2) is 65.6 Å². The van der Waals surface area contributed by atoms with Gasteiger partial charge in [-0.15, -0.1) is 0 Å². The molecule has 0 aliphatic heterocycles. The molecule has 0 radical (unpaired) electrons. The zero-order valence-corrected chi connectivity index (χ0v) is 19.7. The van der Waals surface area contributed by atoms with Crippen molar-refractivity contribution in [2.45, 2.75) is 39.1 Å². The average molecular weight is 454 g/mol. The van der Waals surface area contributed by atoms with Crippen LogP contribution in [0, 0.1) is 27.7 Å². The van der Waals surface area contributed by atoms with Crippen molar-refractivity contribution >= 4 is 38.7 Å². The van der Waals surface area contributed by atoms with E-state index >= 15 is 0 Å². The molecule has 162 valence electrons. The molecule has 0 aliphatic carbocycles. The van der Waals surface area contributed by atoms with E-state index in [-0.39, 0.29) is 4.90 Å². The Morgan fingerprint density at radius 1 is 0.839 bits per heavy atom. The molecule has 0 amide bonds. The number of thiocarbonyl (C=S) groups is 1. The monoisotopic (exact) mass is 453 g/mol. The Morgan fingerprint density at radius 2 is 1.42 bits per heavy atom. The third kappa shape index (κ3) is 6.06. The predicted molar refractivity (Wildman–Crippen MR) is 132 cm³/mol. The highest BCUT2D eigenvalue weighted by atomic mass is 32.2. The van der Waals surface area contributed by atoms with E-state index in [0.29, 0.717) is 23.0 Å². The molecule has 3 aromatic carbocycles. The molecule has 5 nitrogen and oxygen atoms in total. The minimum atomic E-state index is -3.69. The molecule has 3 N–H and O–H groups in total. The third-order valence-electron chi connectivity index (χ3n) is 4.91. The smallest absolute Gasteiger partial charge is 0.261 e. The van der Waals surface area contributed by atoms with Crippen LogP contribution in [-0.2, 0) is 16.6 Å². The Kier molecular flexibility index (Phi) is 6.97. The van der Waals surface area contributed by atoms with Crippen molar-refractivity contribution < 1.29 is 8.42 Å². The zero-order valence-electron chi connectivity index (χ0n) is 18.1. The maximum atomic E-state index is 12.8. The van der Waals surface area contributed by atoms with Crippen LogP contribution in [0.25, 0.3) is 0 Å². The van der Waals surface area contributed by atoms with Gasteiger partial charge in [0.15, 0.2) is 5.11 Å². The summed E-state index contributed by atoms with van der Waals surface area (Å²) in [6.07, 6.45) is 0. The highest BCUT2D eigenvalue weighted by Gasteiger charge is 2.17. The van der Waals surface area contributed by atoms with Gasteiger partial charge in [-0.05, 0) is 80.9 Å². The van der Waals surface area contributed by atoms with Gasteiger partial charge in [-0.25, -0.2) is 8.42 Å². The van der Waals surface area contributed by atoms with Crippen molar-refractivity contribution in [3.8, 4) is 0 Å². The van der Waals surface area contributed by atoms with Gasteiger partial charge in [0.25, 0.3) is 10.0 Å². The van der Waals surface area contributed by atoms with Crippen LogP contribution in [0.3, 0.4) is 0 Å². The van der Waals surface area contributed by atoms with Crippen LogP contribution in [0.4, 0.5) is 11.4 Å². The second-order valence-corrected chi connectivity index (χ2v) is 9.79. The Labute approximate surface area is 190 Å². The number of rotatable bonds is 6. The van der Waals surface area contributed by atoms with Gasteiger partial charge >= 0.3 is 0 Å². The predicted octanol–water partition coefficient (Wildman–Crippen LogP) is 5.21. The molecule has 0 spiro atoms. The van der Waals surface area contributed by atoms with Crippen molar-refractivity contribution in [1.29, 1.82) is 0 Å². The molecule has 0 atom stereocenters. The molecule has 0 saturated heterocycles. The molecule has 0 bridgehead atoms. The molecule has 0 aromatic heterocycles. The summed E-state index contributed by atoms with van der Waals surface area (Å²) in [7, 11) is -3.69. The number of nitrogens with one attached hydrogen (secondary N) is 3. The molecule has 31 heavy (non-hydrogen) atoms. The fourth-order valence-electron chi connectivity index (χ4n) is 3.32. The molecular weight excluding hydrogens is 426 g/mol. The van der Waals surface area contributed by atoms with Crippen molar-refractivity contribution in [3.05, 3.63) is 88.5 Å². The minimum Gasteiger partial charge on any atom is -0.358 e. The van der Waals surface area contributed by atoms with E-state index in [9.17, 15) is 8.42 Å². The molecule has 3 aromatic rings. The second kappa shape index (κ2) is 9.49. The summed E-state index contributed by atoms with van der Waals surface area (Å²) in [5.41, 5.74) is 6.55. The number of anilines is 2. The van der Waals surface area contributed by atoms with Gasteiger partial charge in [0, 0.05) is 12.2 Å². The first-order valence-corrected chi connectivity index (χ1v) is 11.8. The number of hydrogen-bond acceptors (Lipinski definition) is 3. The van der Waals surface area contributed by atoms with Crippen molar-refractivity contribution in [1.82, 2.24) is 5.32 Å². The lowest BCUT2D eigenvalue weighted by Gasteiger charge is -2.15. The van der Waals surface area contributed by atoms with Crippen molar-refractivity contribution in [2.75, 3.05) is 10.0 Å². The van der Waals surface area contributed by atoms with Gasteiger partial charge in [0.05, 0.1) is 10.6 Å². The van der Waals surface area contributed by atoms with Crippen LogP contribution in [0.5, 0.6) is 0 Å². The van der Waals surface area contributed by atoms with Crippen LogP contribution in [-0.4, -0.2) is 13.5 Å². The standard InChI is InChI=1S/C24H27N3O2S2/c1-16-5-7-20(8-6-16)15-25-24(30)26-21-9-11-22(12-10-21)31(28,29)27-23-18(3)13-17(2)14-19(23)4/h5-14,27H,15H2,1-4H3,(H2,25,26,30). The Balaban J connectivity index is 1.63. The first kappa shape index (κ1) is 22.8. The largest absolute Gasteiger partial charge is 0.358 e. The lowest BCUT2D eigenvalue weighted by atomic mass is 10.1. The van der Waals surface area contributed by atoms with E-state index in [1.165, 1.54) is 5.56 Å². The average Bonchev–Trinajstić information content (AvgIpc) is 2.71. The summed E-state index contributed by atoms with van der Waals surface area (Å²) in [6.45, 7) is 8.44. The van der Waals surface area contributed by atoms with E-state index < -0.39 is 10.0 Å². The summed E-state index contributed by atoms with van der Waals surface area (Å²) in [4.78, 5) is 0.191. The van der Waals surface area contributed by atoms with E-state index in [0.717, 1.165) is 22.3 Å². The maximum absolute atomic E-state index is 12.8. The van der Waals surface area contributed by atoms with Gasteiger partial charge in [-0.3, -0.25) is 4.72 Å². The summed E-state index contributed by atoms with van der Waals surface area (Å²) in [5, 5.41) is 6.71.